The first-order chi connectivity index (χ1) is 11.2. The minimum Gasteiger partial charge on any atom is -0.339 e. The zero-order chi connectivity index (χ0) is 16.2. The van der Waals surface area contributed by atoms with Crippen molar-refractivity contribution in [2.45, 2.75) is 95.3 Å². The van der Waals surface area contributed by atoms with Crippen molar-refractivity contribution in [2.24, 2.45) is 5.92 Å². The summed E-state index contributed by atoms with van der Waals surface area (Å²) in [6.45, 7) is 3.91. The fraction of sp³-hybridized carbons (Fsp3) is 0.947. The number of carbonyl (C=O) groups excluding carboxylic acids is 1. The summed E-state index contributed by atoms with van der Waals surface area (Å²) in [6, 6.07) is 0. The summed E-state index contributed by atoms with van der Waals surface area (Å²) in [7, 11) is 0. The molecular formula is C19H34N2O2. The molecule has 0 aromatic carbocycles. The van der Waals surface area contributed by atoms with Gasteiger partial charge in [0, 0.05) is 12.5 Å². The van der Waals surface area contributed by atoms with E-state index in [1.54, 1.807) is 0 Å². The van der Waals surface area contributed by atoms with Crippen LogP contribution < -0.4 is 10.6 Å². The Morgan fingerprint density at radius 3 is 2.04 bits per heavy atom. The number of ether oxygens (including phenoxy) is 1. The zero-order valence-corrected chi connectivity index (χ0v) is 14.8. The maximum atomic E-state index is 12.8. The molecule has 23 heavy (non-hydrogen) atoms. The van der Waals surface area contributed by atoms with Gasteiger partial charge in [0.15, 0.2) is 5.60 Å². The number of carbonyl (C=O) groups is 1. The minimum atomic E-state index is -0.581. The van der Waals surface area contributed by atoms with E-state index in [-0.39, 0.29) is 17.6 Å². The molecule has 2 N–H and O–H groups in total. The number of nitrogens with one attached hydrogen (secondary N) is 2. The molecule has 2 aliphatic heterocycles. The van der Waals surface area contributed by atoms with Gasteiger partial charge in [0.25, 0.3) is 5.91 Å². The second-order valence-corrected chi connectivity index (χ2v) is 7.98. The third kappa shape index (κ3) is 3.74. The SMILES string of the molecule is CC1CNCCC12OC1(CCCCCCCCCCC1)NC2=O. The highest BCUT2D eigenvalue weighted by Crippen LogP contribution is 2.42. The lowest BCUT2D eigenvalue weighted by Crippen LogP contribution is -2.54. The van der Waals surface area contributed by atoms with Crippen LogP contribution in [0.2, 0.25) is 0 Å². The van der Waals surface area contributed by atoms with Crippen LogP contribution >= 0.6 is 0 Å². The lowest BCUT2D eigenvalue weighted by Gasteiger charge is -2.39. The summed E-state index contributed by atoms with van der Waals surface area (Å²) >= 11 is 0. The molecule has 1 aliphatic carbocycles. The lowest BCUT2D eigenvalue weighted by atomic mass is 9.82. The molecule has 132 valence electrons. The Labute approximate surface area is 141 Å². The van der Waals surface area contributed by atoms with Crippen LogP contribution in [0.3, 0.4) is 0 Å². The van der Waals surface area contributed by atoms with E-state index in [1.165, 1.54) is 57.8 Å². The van der Waals surface area contributed by atoms with Crippen LogP contribution in [-0.4, -0.2) is 30.3 Å². The number of amides is 1. The molecule has 0 aromatic heterocycles. The predicted molar refractivity (Wildman–Crippen MR) is 92.1 cm³/mol. The molecular weight excluding hydrogens is 288 g/mol. The average Bonchev–Trinajstić information content (AvgIpc) is 2.80. The number of piperidine rings is 1. The zero-order valence-electron chi connectivity index (χ0n) is 14.8. The fourth-order valence-electron chi connectivity index (χ4n) is 4.64. The van der Waals surface area contributed by atoms with E-state index in [0.29, 0.717) is 0 Å². The molecule has 2 saturated heterocycles. The van der Waals surface area contributed by atoms with Gasteiger partial charge in [-0.25, -0.2) is 0 Å². The van der Waals surface area contributed by atoms with E-state index in [4.69, 9.17) is 4.74 Å². The largest absolute Gasteiger partial charge is 0.339 e. The van der Waals surface area contributed by atoms with Crippen molar-refractivity contribution >= 4 is 5.91 Å². The summed E-state index contributed by atoms with van der Waals surface area (Å²) in [5.74, 6) is 0.399. The summed E-state index contributed by atoms with van der Waals surface area (Å²) in [5, 5.41) is 6.72. The van der Waals surface area contributed by atoms with Crippen LogP contribution in [0.5, 0.6) is 0 Å². The van der Waals surface area contributed by atoms with Gasteiger partial charge in [-0.05, 0) is 38.6 Å². The normalized spacial score (nSPS) is 36.4. The molecule has 4 heteroatoms. The molecule has 0 aromatic rings. The molecule has 2 heterocycles. The van der Waals surface area contributed by atoms with Gasteiger partial charge >= 0.3 is 0 Å². The standard InChI is InChI=1S/C19H34N2O2/c1-16-15-20-14-13-19(16)17(22)21-18(23-19)11-9-7-5-3-2-4-6-8-10-12-18/h16,20H,2-15H2,1H3,(H,21,22). The van der Waals surface area contributed by atoms with Crippen LogP contribution in [0.25, 0.3) is 0 Å². The topological polar surface area (TPSA) is 50.4 Å². The van der Waals surface area contributed by atoms with E-state index >= 15 is 0 Å². The molecule has 3 aliphatic rings. The van der Waals surface area contributed by atoms with Crippen molar-refractivity contribution in [3.8, 4) is 0 Å². The second-order valence-electron chi connectivity index (χ2n) is 7.98. The second kappa shape index (κ2) is 7.52. The Morgan fingerprint density at radius 1 is 0.913 bits per heavy atom. The third-order valence-electron chi connectivity index (χ3n) is 6.18. The Hall–Kier alpha value is -0.610. The van der Waals surface area contributed by atoms with Gasteiger partial charge < -0.3 is 15.4 Å². The van der Waals surface area contributed by atoms with E-state index < -0.39 is 5.60 Å². The quantitative estimate of drug-likeness (QED) is 0.717. The minimum absolute atomic E-state index is 0.151. The Kier molecular flexibility index (Phi) is 5.63. The average molecular weight is 322 g/mol. The Morgan fingerprint density at radius 2 is 1.48 bits per heavy atom. The van der Waals surface area contributed by atoms with Crippen molar-refractivity contribution in [3.63, 3.8) is 0 Å². The first-order valence-electron chi connectivity index (χ1n) is 9.90. The molecule has 0 radical (unpaired) electrons. The summed E-state index contributed by atoms with van der Waals surface area (Å²) in [5.41, 5.74) is -0.968. The van der Waals surface area contributed by atoms with E-state index in [0.717, 1.165) is 32.4 Å². The van der Waals surface area contributed by atoms with E-state index in [1.807, 2.05) is 0 Å². The highest BCUT2D eigenvalue weighted by molar-refractivity contribution is 5.88. The molecule has 2 atom stereocenters. The van der Waals surface area contributed by atoms with Crippen LogP contribution in [0.1, 0.15) is 84.0 Å². The van der Waals surface area contributed by atoms with Gasteiger partial charge in [0.2, 0.25) is 0 Å². The summed E-state index contributed by atoms with van der Waals surface area (Å²) in [4.78, 5) is 12.8. The van der Waals surface area contributed by atoms with Gasteiger partial charge in [-0.2, -0.15) is 0 Å². The highest BCUT2D eigenvalue weighted by Gasteiger charge is 2.57. The molecule has 1 saturated carbocycles. The molecule has 1 amide bonds. The van der Waals surface area contributed by atoms with Crippen LogP contribution in [-0.2, 0) is 9.53 Å². The van der Waals surface area contributed by atoms with Crippen molar-refractivity contribution in [2.75, 3.05) is 13.1 Å². The Bertz CT molecular complexity index is 400. The Balaban J connectivity index is 1.71. The molecule has 2 unspecified atom stereocenters. The molecule has 4 nitrogen and oxygen atoms in total. The maximum Gasteiger partial charge on any atom is 0.254 e. The summed E-state index contributed by atoms with van der Waals surface area (Å²) in [6.07, 6.45) is 14.4. The van der Waals surface area contributed by atoms with Gasteiger partial charge in [-0.3, -0.25) is 4.79 Å². The van der Waals surface area contributed by atoms with Crippen LogP contribution in [0, 0.1) is 5.92 Å². The highest BCUT2D eigenvalue weighted by atomic mass is 16.6. The number of hydrogen-bond acceptors (Lipinski definition) is 3. The monoisotopic (exact) mass is 322 g/mol. The number of hydrogen-bond donors (Lipinski definition) is 2. The van der Waals surface area contributed by atoms with Gasteiger partial charge in [0.05, 0.1) is 0 Å². The molecule has 3 fully saturated rings. The smallest absolute Gasteiger partial charge is 0.254 e. The predicted octanol–water partition coefficient (Wildman–Crippen LogP) is 3.50. The third-order valence-corrected chi connectivity index (χ3v) is 6.18. The first-order valence-corrected chi connectivity index (χ1v) is 9.90. The van der Waals surface area contributed by atoms with Crippen molar-refractivity contribution in [3.05, 3.63) is 0 Å². The molecule has 2 spiro atoms. The van der Waals surface area contributed by atoms with Crippen molar-refractivity contribution in [1.29, 1.82) is 0 Å². The lowest BCUT2D eigenvalue weighted by molar-refractivity contribution is -0.162. The summed E-state index contributed by atoms with van der Waals surface area (Å²) < 4.78 is 6.65. The first kappa shape index (κ1) is 17.2. The molecule has 0 bridgehead atoms. The van der Waals surface area contributed by atoms with Crippen molar-refractivity contribution < 1.29 is 9.53 Å². The number of rotatable bonds is 0. The van der Waals surface area contributed by atoms with E-state index in [2.05, 4.69) is 17.6 Å². The fourth-order valence-corrected chi connectivity index (χ4v) is 4.64. The van der Waals surface area contributed by atoms with Gasteiger partial charge in [-0.1, -0.05) is 51.9 Å². The van der Waals surface area contributed by atoms with Crippen molar-refractivity contribution in [1.82, 2.24) is 10.6 Å². The van der Waals surface area contributed by atoms with E-state index in [9.17, 15) is 4.79 Å². The van der Waals surface area contributed by atoms with Gasteiger partial charge in [0.1, 0.15) is 5.72 Å². The van der Waals surface area contributed by atoms with Gasteiger partial charge in [-0.15, -0.1) is 0 Å². The van der Waals surface area contributed by atoms with Crippen LogP contribution in [0.15, 0.2) is 0 Å². The maximum absolute atomic E-state index is 12.8. The van der Waals surface area contributed by atoms with Crippen LogP contribution in [0.4, 0.5) is 0 Å². The molecule has 3 rings (SSSR count).